The van der Waals surface area contributed by atoms with Crippen LogP contribution in [0.2, 0.25) is 5.15 Å². The molecule has 1 aromatic heterocycles. The Labute approximate surface area is 146 Å². The fourth-order valence-electron chi connectivity index (χ4n) is 1.98. The van der Waals surface area contributed by atoms with Crippen LogP contribution in [0.15, 0.2) is 54.7 Å². The van der Waals surface area contributed by atoms with E-state index in [0.717, 1.165) is 12.1 Å². The van der Waals surface area contributed by atoms with Crippen LogP contribution in [0, 0.1) is 0 Å². The Morgan fingerprint density at radius 1 is 1.32 bits per heavy atom. The number of carbonyl (C=O) groups is 1. The highest BCUT2D eigenvalue weighted by Gasteiger charge is 2.30. The first-order valence-corrected chi connectivity index (χ1v) is 7.38. The quantitative estimate of drug-likeness (QED) is 0.488. The van der Waals surface area contributed by atoms with Gasteiger partial charge in [0, 0.05) is 11.8 Å². The molecule has 1 aromatic carbocycles. The van der Waals surface area contributed by atoms with E-state index in [1.807, 2.05) is 0 Å². The van der Waals surface area contributed by atoms with E-state index in [4.69, 9.17) is 16.3 Å². The maximum Gasteiger partial charge on any atom is 0.416 e. The lowest BCUT2D eigenvalue weighted by atomic mass is 10.1. The molecule has 0 aliphatic rings. The van der Waals surface area contributed by atoms with Gasteiger partial charge >= 0.3 is 12.1 Å². The highest BCUT2D eigenvalue weighted by Crippen LogP contribution is 2.30. The van der Waals surface area contributed by atoms with Crippen molar-refractivity contribution in [2.45, 2.75) is 18.9 Å². The van der Waals surface area contributed by atoms with E-state index in [1.54, 1.807) is 0 Å². The van der Waals surface area contributed by atoms with Crippen molar-refractivity contribution >= 4 is 17.6 Å². The van der Waals surface area contributed by atoms with Crippen LogP contribution >= 0.6 is 11.6 Å². The summed E-state index contributed by atoms with van der Waals surface area (Å²) < 4.78 is 42.9. The number of carbonyl (C=O) groups excluding carboxylic acids is 1. The number of hydrogen-bond acceptors (Lipinski definition) is 4. The van der Waals surface area contributed by atoms with Gasteiger partial charge in [-0.2, -0.15) is 13.2 Å². The van der Waals surface area contributed by atoms with Crippen LogP contribution in [0.25, 0.3) is 0 Å². The number of aliphatic hydroxyl groups is 1. The monoisotopic (exact) mass is 371 g/mol. The topological polar surface area (TPSA) is 59.4 Å². The summed E-state index contributed by atoms with van der Waals surface area (Å²) in [5.74, 6) is -0.954. The fraction of sp³-hybridized carbons (Fsp3) is 0.176. The Kier molecular flexibility index (Phi) is 5.81. The van der Waals surface area contributed by atoms with E-state index >= 15 is 0 Å². The van der Waals surface area contributed by atoms with Crippen molar-refractivity contribution in [2.75, 3.05) is 0 Å². The fourth-order valence-corrected chi connectivity index (χ4v) is 2.20. The Bertz CT molecular complexity index is 793. The zero-order chi connectivity index (χ0) is 18.6. The summed E-state index contributed by atoms with van der Waals surface area (Å²) >= 11 is 5.83. The van der Waals surface area contributed by atoms with Gasteiger partial charge in [0.15, 0.2) is 0 Å². The number of halogens is 4. The molecule has 2 aromatic rings. The number of hydrogen-bond donors (Lipinski definition) is 1. The molecule has 0 spiro atoms. The summed E-state index contributed by atoms with van der Waals surface area (Å²) in [5, 5.41) is 10.1. The van der Waals surface area contributed by atoms with E-state index in [1.165, 1.54) is 30.5 Å². The predicted octanol–water partition coefficient (Wildman–Crippen LogP) is 4.09. The van der Waals surface area contributed by atoms with Gasteiger partial charge < -0.3 is 9.84 Å². The average molecular weight is 372 g/mol. The third-order valence-corrected chi connectivity index (χ3v) is 3.61. The number of rotatable bonds is 5. The Hall–Kier alpha value is -2.38. The first-order chi connectivity index (χ1) is 11.7. The summed E-state index contributed by atoms with van der Waals surface area (Å²) in [4.78, 5) is 15.7. The van der Waals surface area contributed by atoms with Gasteiger partial charge in [0.25, 0.3) is 0 Å². The van der Waals surface area contributed by atoms with Crippen LogP contribution in [0.3, 0.4) is 0 Å². The second-order valence-electron chi connectivity index (χ2n) is 5.09. The van der Waals surface area contributed by atoms with Crippen LogP contribution in [-0.2, 0) is 22.3 Å². The summed E-state index contributed by atoms with van der Waals surface area (Å²) in [6.45, 7) is 3.06. The number of esters is 1. The number of alkyl halides is 3. The normalized spacial score (nSPS) is 12.5. The molecule has 2 rings (SSSR count). The lowest BCUT2D eigenvalue weighted by Gasteiger charge is -2.14. The molecular formula is C17H13ClF3NO3. The molecule has 0 saturated heterocycles. The summed E-state index contributed by atoms with van der Waals surface area (Å²) in [7, 11) is 0. The molecule has 132 valence electrons. The second kappa shape index (κ2) is 7.67. The van der Waals surface area contributed by atoms with E-state index in [-0.39, 0.29) is 21.9 Å². The summed E-state index contributed by atoms with van der Waals surface area (Å²) in [6.07, 6.45) is -4.51. The third-order valence-electron chi connectivity index (χ3n) is 3.30. The number of nitrogens with zero attached hydrogens (tertiary/aromatic N) is 1. The number of benzene rings is 1. The summed E-state index contributed by atoms with van der Waals surface area (Å²) in [6, 6.07) is 7.38. The van der Waals surface area contributed by atoms with Gasteiger partial charge in [-0.3, -0.25) is 0 Å². The predicted molar refractivity (Wildman–Crippen MR) is 84.6 cm³/mol. The zero-order valence-electron chi connectivity index (χ0n) is 12.8. The SMILES string of the molecule is C=C(C(=O)OCc1cccc(C(F)(F)F)c1)C(O)c1cccnc1Cl. The third kappa shape index (κ3) is 4.80. The molecule has 8 heteroatoms. The van der Waals surface area contributed by atoms with Gasteiger partial charge in [-0.05, 0) is 23.8 Å². The largest absolute Gasteiger partial charge is 0.457 e. The lowest BCUT2D eigenvalue weighted by Crippen LogP contribution is -2.14. The molecule has 1 unspecified atom stereocenters. The second-order valence-corrected chi connectivity index (χ2v) is 5.44. The van der Waals surface area contributed by atoms with Crippen LogP contribution in [0.5, 0.6) is 0 Å². The van der Waals surface area contributed by atoms with Crippen molar-refractivity contribution in [1.82, 2.24) is 4.98 Å². The zero-order valence-corrected chi connectivity index (χ0v) is 13.5. The number of aliphatic hydroxyl groups excluding tert-OH is 1. The highest BCUT2D eigenvalue weighted by molar-refractivity contribution is 6.30. The molecule has 0 amide bonds. The van der Waals surface area contributed by atoms with Crippen LogP contribution in [0.4, 0.5) is 13.2 Å². The maximum absolute atomic E-state index is 12.7. The van der Waals surface area contributed by atoms with Gasteiger partial charge in [0.05, 0.1) is 11.1 Å². The number of pyridine rings is 1. The maximum atomic E-state index is 12.7. The minimum Gasteiger partial charge on any atom is -0.457 e. The molecule has 0 fully saturated rings. The Morgan fingerprint density at radius 3 is 2.68 bits per heavy atom. The van der Waals surface area contributed by atoms with E-state index in [9.17, 15) is 23.1 Å². The minimum atomic E-state index is -4.49. The average Bonchev–Trinajstić information content (AvgIpc) is 2.58. The molecule has 0 saturated carbocycles. The standard InChI is InChI=1S/C17H13ClF3NO3/c1-10(14(23)13-6-3-7-22-15(13)18)16(24)25-9-11-4-2-5-12(8-11)17(19,20)21/h2-8,14,23H,1,9H2. The van der Waals surface area contributed by atoms with Gasteiger partial charge in [0.1, 0.15) is 17.9 Å². The Morgan fingerprint density at radius 2 is 2.04 bits per heavy atom. The van der Waals surface area contributed by atoms with Crippen molar-refractivity contribution in [1.29, 1.82) is 0 Å². The van der Waals surface area contributed by atoms with Crippen molar-refractivity contribution < 1.29 is 27.8 Å². The summed E-state index contributed by atoms with van der Waals surface area (Å²) in [5.41, 5.74) is -0.820. The molecule has 1 atom stereocenters. The molecule has 0 aliphatic carbocycles. The van der Waals surface area contributed by atoms with Gasteiger partial charge in [-0.1, -0.05) is 36.4 Å². The van der Waals surface area contributed by atoms with Crippen molar-refractivity contribution in [2.24, 2.45) is 0 Å². The smallest absolute Gasteiger partial charge is 0.416 e. The first-order valence-electron chi connectivity index (χ1n) is 7.00. The van der Waals surface area contributed by atoms with E-state index in [0.29, 0.717) is 0 Å². The molecule has 0 radical (unpaired) electrons. The molecular weight excluding hydrogens is 359 g/mol. The van der Waals surface area contributed by atoms with Gasteiger partial charge in [0.2, 0.25) is 0 Å². The lowest BCUT2D eigenvalue weighted by molar-refractivity contribution is -0.141. The van der Waals surface area contributed by atoms with Gasteiger partial charge in [-0.25, -0.2) is 9.78 Å². The van der Waals surface area contributed by atoms with Crippen molar-refractivity contribution in [3.63, 3.8) is 0 Å². The Balaban J connectivity index is 2.03. The van der Waals surface area contributed by atoms with Crippen LogP contribution in [0.1, 0.15) is 22.8 Å². The van der Waals surface area contributed by atoms with Crippen molar-refractivity contribution in [3.8, 4) is 0 Å². The first kappa shape index (κ1) is 19.0. The molecule has 25 heavy (non-hydrogen) atoms. The number of aromatic nitrogens is 1. The van der Waals surface area contributed by atoms with Crippen LogP contribution in [-0.4, -0.2) is 16.1 Å². The minimum absolute atomic E-state index is 0.00169. The molecule has 1 heterocycles. The van der Waals surface area contributed by atoms with E-state index in [2.05, 4.69) is 11.6 Å². The molecule has 1 N–H and O–H groups in total. The van der Waals surface area contributed by atoms with Crippen LogP contribution < -0.4 is 0 Å². The van der Waals surface area contributed by atoms with Gasteiger partial charge in [-0.15, -0.1) is 0 Å². The molecule has 0 bridgehead atoms. The molecule has 4 nitrogen and oxygen atoms in total. The van der Waals surface area contributed by atoms with Crippen molar-refractivity contribution in [3.05, 3.63) is 76.6 Å². The highest BCUT2D eigenvalue weighted by atomic mass is 35.5. The molecule has 0 aliphatic heterocycles. The number of ether oxygens (including phenoxy) is 1. The van der Waals surface area contributed by atoms with E-state index < -0.39 is 30.4 Å².